The van der Waals surface area contributed by atoms with Crippen molar-refractivity contribution in [3.63, 3.8) is 0 Å². The zero-order valence-electron chi connectivity index (χ0n) is 19.4. The van der Waals surface area contributed by atoms with Crippen molar-refractivity contribution in [2.75, 3.05) is 7.11 Å². The van der Waals surface area contributed by atoms with Gasteiger partial charge in [-0.2, -0.15) is 0 Å². The molecule has 5 rings (SSSR count). The summed E-state index contributed by atoms with van der Waals surface area (Å²) in [5, 5.41) is 0.486. The first-order valence-electron chi connectivity index (χ1n) is 11.1. The molecule has 1 heterocycles. The SMILES string of the molecule is COc1ccc(-n2c(-c3ccc(Oc4ccc(OC(F)(F)F)cc4)cc3)nc3ccccc3c2=O)cc1. The highest BCUT2D eigenvalue weighted by Gasteiger charge is 2.31. The van der Waals surface area contributed by atoms with E-state index in [0.717, 1.165) is 0 Å². The van der Waals surface area contributed by atoms with Crippen molar-refractivity contribution in [1.29, 1.82) is 0 Å². The molecule has 0 aliphatic heterocycles. The molecule has 0 unspecified atom stereocenters. The fraction of sp³-hybridized carbons (Fsp3) is 0.0714. The standard InChI is InChI=1S/C28H19F3N2O4/c1-35-20-12-8-19(9-13-20)33-26(32-25-5-3-2-4-24(25)27(33)34)18-6-10-21(11-7-18)36-22-14-16-23(17-15-22)37-28(29,30)31/h2-17H,1H3. The number of para-hydroxylation sites is 1. The maximum Gasteiger partial charge on any atom is 0.573 e. The molecule has 0 atom stereocenters. The van der Waals surface area contributed by atoms with E-state index < -0.39 is 6.36 Å². The van der Waals surface area contributed by atoms with Crippen LogP contribution in [0.4, 0.5) is 13.2 Å². The van der Waals surface area contributed by atoms with Crippen LogP contribution in [0.15, 0.2) is 102 Å². The first-order valence-corrected chi connectivity index (χ1v) is 11.1. The largest absolute Gasteiger partial charge is 0.573 e. The van der Waals surface area contributed by atoms with Gasteiger partial charge in [-0.25, -0.2) is 4.98 Å². The Hall–Kier alpha value is -4.79. The summed E-state index contributed by atoms with van der Waals surface area (Å²) in [5.41, 5.74) is 1.64. The number of halogens is 3. The van der Waals surface area contributed by atoms with E-state index in [0.29, 0.717) is 45.2 Å². The Balaban J connectivity index is 1.49. The van der Waals surface area contributed by atoms with Crippen LogP contribution >= 0.6 is 0 Å². The van der Waals surface area contributed by atoms with Gasteiger partial charge >= 0.3 is 6.36 Å². The van der Waals surface area contributed by atoms with E-state index in [-0.39, 0.29) is 11.3 Å². The molecule has 0 aliphatic carbocycles. The number of fused-ring (bicyclic) bond motifs is 1. The second-order valence-corrected chi connectivity index (χ2v) is 7.94. The number of aromatic nitrogens is 2. The molecule has 4 aromatic carbocycles. The summed E-state index contributed by atoms with van der Waals surface area (Å²) in [4.78, 5) is 18.2. The van der Waals surface area contributed by atoms with Gasteiger partial charge in [-0.15, -0.1) is 13.2 Å². The van der Waals surface area contributed by atoms with Crippen LogP contribution in [0.1, 0.15) is 0 Å². The first-order chi connectivity index (χ1) is 17.8. The van der Waals surface area contributed by atoms with Crippen LogP contribution in [0.2, 0.25) is 0 Å². The smallest absolute Gasteiger partial charge is 0.497 e. The lowest BCUT2D eigenvalue weighted by atomic mass is 10.1. The monoisotopic (exact) mass is 504 g/mol. The average molecular weight is 504 g/mol. The van der Waals surface area contributed by atoms with Gasteiger partial charge in [0.15, 0.2) is 0 Å². The highest BCUT2D eigenvalue weighted by molar-refractivity contribution is 5.80. The molecule has 0 N–H and O–H groups in total. The van der Waals surface area contributed by atoms with Gasteiger partial charge in [0.1, 0.15) is 28.8 Å². The van der Waals surface area contributed by atoms with Gasteiger partial charge in [0.05, 0.1) is 23.7 Å². The normalized spacial score (nSPS) is 11.4. The number of nitrogens with zero attached hydrogens (tertiary/aromatic N) is 2. The molecule has 6 nitrogen and oxygen atoms in total. The topological polar surface area (TPSA) is 62.6 Å². The Morgan fingerprint density at radius 1 is 0.730 bits per heavy atom. The lowest BCUT2D eigenvalue weighted by Gasteiger charge is -2.15. The summed E-state index contributed by atoms with van der Waals surface area (Å²) in [7, 11) is 1.57. The quantitative estimate of drug-likeness (QED) is 0.256. The van der Waals surface area contributed by atoms with Gasteiger partial charge in [-0.3, -0.25) is 9.36 Å². The van der Waals surface area contributed by atoms with Gasteiger partial charge in [0, 0.05) is 5.56 Å². The summed E-state index contributed by atoms with van der Waals surface area (Å²) >= 11 is 0. The van der Waals surface area contributed by atoms with Crippen LogP contribution in [0, 0.1) is 0 Å². The fourth-order valence-electron chi connectivity index (χ4n) is 3.81. The van der Waals surface area contributed by atoms with Crippen molar-refractivity contribution in [2.24, 2.45) is 0 Å². The number of benzene rings is 4. The highest BCUT2D eigenvalue weighted by Crippen LogP contribution is 2.29. The number of hydrogen-bond acceptors (Lipinski definition) is 5. The predicted molar refractivity (Wildman–Crippen MR) is 133 cm³/mol. The average Bonchev–Trinajstić information content (AvgIpc) is 2.89. The molecule has 0 amide bonds. The third-order valence-electron chi connectivity index (χ3n) is 5.51. The summed E-state index contributed by atoms with van der Waals surface area (Å²) < 4.78 is 53.5. The molecule has 0 saturated heterocycles. The predicted octanol–water partition coefficient (Wildman–Crippen LogP) is 6.75. The zero-order valence-corrected chi connectivity index (χ0v) is 19.4. The van der Waals surface area contributed by atoms with E-state index >= 15 is 0 Å². The van der Waals surface area contributed by atoms with Crippen molar-refractivity contribution in [3.8, 4) is 40.1 Å². The second kappa shape index (κ2) is 9.69. The van der Waals surface area contributed by atoms with E-state index in [2.05, 4.69) is 4.74 Å². The fourth-order valence-corrected chi connectivity index (χ4v) is 3.81. The van der Waals surface area contributed by atoms with Crippen LogP contribution < -0.4 is 19.8 Å². The lowest BCUT2D eigenvalue weighted by molar-refractivity contribution is -0.274. The molecule has 0 aliphatic rings. The minimum Gasteiger partial charge on any atom is -0.497 e. The first kappa shape index (κ1) is 23.9. The summed E-state index contributed by atoms with van der Waals surface area (Å²) in [6.07, 6.45) is -4.76. The van der Waals surface area contributed by atoms with Crippen molar-refractivity contribution >= 4 is 10.9 Å². The van der Waals surface area contributed by atoms with Crippen molar-refractivity contribution in [3.05, 3.63) is 107 Å². The van der Waals surface area contributed by atoms with Gasteiger partial charge in [-0.05, 0) is 84.9 Å². The van der Waals surface area contributed by atoms with Crippen molar-refractivity contribution in [2.45, 2.75) is 6.36 Å². The molecule has 186 valence electrons. The lowest BCUT2D eigenvalue weighted by Crippen LogP contribution is -2.21. The molecule has 5 aromatic rings. The molecule has 0 fully saturated rings. The van der Waals surface area contributed by atoms with Crippen LogP contribution in [-0.2, 0) is 0 Å². The Kier molecular flexibility index (Phi) is 6.27. The number of alkyl halides is 3. The Morgan fingerprint density at radius 2 is 1.30 bits per heavy atom. The highest BCUT2D eigenvalue weighted by atomic mass is 19.4. The molecule has 0 spiro atoms. The van der Waals surface area contributed by atoms with Gasteiger partial charge < -0.3 is 14.2 Å². The molecular formula is C28H19F3N2O4. The van der Waals surface area contributed by atoms with Crippen LogP contribution in [0.5, 0.6) is 23.0 Å². The van der Waals surface area contributed by atoms with Crippen LogP contribution in [0.25, 0.3) is 28.0 Å². The van der Waals surface area contributed by atoms with Gasteiger partial charge in [-0.1, -0.05) is 12.1 Å². The molecular weight excluding hydrogens is 485 g/mol. The van der Waals surface area contributed by atoms with E-state index in [1.54, 1.807) is 73.8 Å². The zero-order chi connectivity index (χ0) is 26.0. The summed E-state index contributed by atoms with van der Waals surface area (Å²) in [5.74, 6) is 1.54. The maximum atomic E-state index is 13.5. The number of rotatable bonds is 6. The summed E-state index contributed by atoms with van der Waals surface area (Å²) in [6.45, 7) is 0. The van der Waals surface area contributed by atoms with E-state index in [1.165, 1.54) is 28.8 Å². The number of ether oxygens (including phenoxy) is 3. The summed E-state index contributed by atoms with van der Waals surface area (Å²) in [6, 6.07) is 26.2. The Bertz CT molecular complexity index is 1600. The molecule has 0 saturated carbocycles. The number of hydrogen-bond donors (Lipinski definition) is 0. The van der Waals surface area contributed by atoms with Gasteiger partial charge in [0.25, 0.3) is 5.56 Å². The Labute approximate surface area is 209 Å². The minimum atomic E-state index is -4.76. The van der Waals surface area contributed by atoms with Crippen LogP contribution in [0.3, 0.4) is 0 Å². The van der Waals surface area contributed by atoms with Crippen LogP contribution in [-0.4, -0.2) is 23.0 Å². The molecule has 1 aromatic heterocycles. The molecule has 0 bridgehead atoms. The van der Waals surface area contributed by atoms with E-state index in [9.17, 15) is 18.0 Å². The van der Waals surface area contributed by atoms with Crippen molar-refractivity contribution in [1.82, 2.24) is 9.55 Å². The van der Waals surface area contributed by atoms with E-state index in [4.69, 9.17) is 14.5 Å². The number of methoxy groups -OCH3 is 1. The van der Waals surface area contributed by atoms with E-state index in [1.807, 2.05) is 6.07 Å². The third-order valence-corrected chi connectivity index (χ3v) is 5.51. The molecule has 37 heavy (non-hydrogen) atoms. The van der Waals surface area contributed by atoms with Gasteiger partial charge in [0.2, 0.25) is 0 Å². The third kappa shape index (κ3) is 5.25. The molecule has 0 radical (unpaired) electrons. The molecule has 9 heteroatoms. The Morgan fingerprint density at radius 3 is 1.92 bits per heavy atom. The minimum absolute atomic E-state index is 0.216. The second-order valence-electron chi connectivity index (χ2n) is 7.94. The maximum absolute atomic E-state index is 13.5. The van der Waals surface area contributed by atoms with Crippen molar-refractivity contribution < 1.29 is 27.4 Å².